The first-order chi connectivity index (χ1) is 10.1. The van der Waals surface area contributed by atoms with Gasteiger partial charge in [0.15, 0.2) is 11.5 Å². The minimum Gasteiger partial charge on any atom is -0.504 e. The minimum atomic E-state index is -0.502. The molecule has 0 saturated heterocycles. The first kappa shape index (κ1) is 13.3. The highest BCUT2D eigenvalue weighted by Crippen LogP contribution is 2.36. The van der Waals surface area contributed by atoms with E-state index < -0.39 is 5.75 Å². The quantitative estimate of drug-likeness (QED) is 0.472. The monoisotopic (exact) mass is 285 g/mol. The summed E-state index contributed by atoms with van der Waals surface area (Å²) in [5.74, 6) is -0.364. The number of hydrogen-bond acceptors (Lipinski definition) is 5. The third-order valence-electron chi connectivity index (χ3n) is 3.26. The van der Waals surface area contributed by atoms with Gasteiger partial charge in [0.1, 0.15) is 5.82 Å². The predicted molar refractivity (Wildman–Crippen MR) is 78.1 cm³/mol. The van der Waals surface area contributed by atoms with E-state index in [1.54, 1.807) is 6.07 Å². The van der Waals surface area contributed by atoms with E-state index in [1.165, 1.54) is 6.07 Å². The molecule has 0 amide bonds. The van der Waals surface area contributed by atoms with Crippen molar-refractivity contribution < 1.29 is 15.3 Å². The number of fused-ring (bicyclic) bond motifs is 1. The second-order valence-corrected chi connectivity index (χ2v) is 4.75. The summed E-state index contributed by atoms with van der Waals surface area (Å²) in [5.41, 5.74) is 2.38. The summed E-state index contributed by atoms with van der Waals surface area (Å²) < 4.78 is 0. The highest BCUT2D eigenvalue weighted by atomic mass is 16.3. The minimum absolute atomic E-state index is 0.313. The number of aromatic nitrogens is 2. The van der Waals surface area contributed by atoms with Crippen LogP contribution >= 0.6 is 0 Å². The van der Waals surface area contributed by atoms with Gasteiger partial charge in [-0.3, -0.25) is 0 Å². The molecule has 0 bridgehead atoms. The number of aromatic hydroxyl groups is 3. The summed E-state index contributed by atoms with van der Waals surface area (Å²) in [7, 11) is 0. The number of phenolic OH excluding ortho intramolecular Hbond substituents is 3. The van der Waals surface area contributed by atoms with Crippen LogP contribution in [0, 0.1) is 0 Å². The van der Waals surface area contributed by atoms with Gasteiger partial charge in [-0.25, -0.2) is 4.98 Å². The average molecular weight is 285 g/mol. The average Bonchev–Trinajstić information content (AvgIpc) is 2.90. The topological polar surface area (TPSA) is 101 Å². The number of imidazole rings is 1. The predicted octanol–water partition coefficient (Wildman–Crippen LogP) is 1.97. The molecule has 5 N–H and O–H groups in total. The smallest absolute Gasteiger partial charge is 0.200 e. The van der Waals surface area contributed by atoms with Crippen molar-refractivity contribution in [2.45, 2.75) is 13.1 Å². The third-order valence-corrected chi connectivity index (χ3v) is 3.26. The fourth-order valence-corrected chi connectivity index (χ4v) is 2.16. The van der Waals surface area contributed by atoms with E-state index in [2.05, 4.69) is 15.3 Å². The van der Waals surface area contributed by atoms with Crippen LogP contribution in [0.5, 0.6) is 17.2 Å². The SMILES string of the molecule is Oc1ccc(CNCc2nc3ccccc3[nH]2)c(O)c1O. The molecule has 3 rings (SSSR count). The highest BCUT2D eigenvalue weighted by Gasteiger charge is 2.10. The second kappa shape index (κ2) is 5.34. The Morgan fingerprint density at radius 3 is 2.57 bits per heavy atom. The van der Waals surface area contributed by atoms with E-state index in [0.717, 1.165) is 16.9 Å². The zero-order valence-corrected chi connectivity index (χ0v) is 11.2. The molecule has 1 aromatic heterocycles. The van der Waals surface area contributed by atoms with Gasteiger partial charge in [0.05, 0.1) is 17.6 Å². The van der Waals surface area contributed by atoms with Gasteiger partial charge in [-0.2, -0.15) is 0 Å². The Kier molecular flexibility index (Phi) is 3.37. The standard InChI is InChI=1S/C15H15N3O3/c19-12-6-5-9(14(20)15(12)21)7-16-8-13-17-10-3-1-2-4-11(10)18-13/h1-6,16,19-21H,7-8H2,(H,17,18). The Bertz CT molecular complexity index is 750. The molecule has 0 fully saturated rings. The van der Waals surface area contributed by atoms with Gasteiger partial charge in [0.25, 0.3) is 0 Å². The second-order valence-electron chi connectivity index (χ2n) is 4.75. The lowest BCUT2D eigenvalue weighted by Gasteiger charge is -2.08. The molecule has 3 aromatic rings. The number of nitrogens with one attached hydrogen (secondary N) is 2. The van der Waals surface area contributed by atoms with Crippen LogP contribution in [0.1, 0.15) is 11.4 Å². The maximum Gasteiger partial charge on any atom is 0.200 e. The summed E-state index contributed by atoms with van der Waals surface area (Å²) in [5, 5.41) is 31.6. The Morgan fingerprint density at radius 1 is 0.952 bits per heavy atom. The number of phenols is 3. The van der Waals surface area contributed by atoms with Crippen LogP contribution in [-0.4, -0.2) is 25.3 Å². The molecule has 0 spiro atoms. The Balaban J connectivity index is 1.67. The normalized spacial score (nSPS) is 11.0. The van der Waals surface area contributed by atoms with E-state index in [4.69, 9.17) is 0 Å². The Morgan fingerprint density at radius 2 is 1.76 bits per heavy atom. The zero-order valence-electron chi connectivity index (χ0n) is 11.2. The van der Waals surface area contributed by atoms with Crippen molar-refractivity contribution in [2.24, 2.45) is 0 Å². The van der Waals surface area contributed by atoms with Crippen molar-refractivity contribution in [2.75, 3.05) is 0 Å². The van der Waals surface area contributed by atoms with Gasteiger partial charge in [0.2, 0.25) is 5.75 Å². The Labute approximate surface area is 120 Å². The Hall–Kier alpha value is -2.73. The lowest BCUT2D eigenvalue weighted by atomic mass is 10.1. The molecule has 6 nitrogen and oxygen atoms in total. The van der Waals surface area contributed by atoms with Crippen LogP contribution in [0.3, 0.4) is 0 Å². The molecular weight excluding hydrogens is 270 g/mol. The number of rotatable bonds is 4. The van der Waals surface area contributed by atoms with E-state index >= 15 is 0 Å². The van der Waals surface area contributed by atoms with Crippen molar-refractivity contribution in [1.29, 1.82) is 0 Å². The van der Waals surface area contributed by atoms with E-state index in [0.29, 0.717) is 18.7 Å². The molecule has 21 heavy (non-hydrogen) atoms. The molecule has 0 unspecified atom stereocenters. The fourth-order valence-electron chi connectivity index (χ4n) is 2.16. The van der Waals surface area contributed by atoms with Crippen LogP contribution in [0.4, 0.5) is 0 Å². The summed E-state index contributed by atoms with van der Waals surface area (Å²) >= 11 is 0. The molecule has 0 radical (unpaired) electrons. The lowest BCUT2D eigenvalue weighted by molar-refractivity contribution is 0.364. The summed E-state index contributed by atoms with van der Waals surface area (Å²) in [6.45, 7) is 0.840. The zero-order chi connectivity index (χ0) is 14.8. The lowest BCUT2D eigenvalue weighted by Crippen LogP contribution is -2.13. The van der Waals surface area contributed by atoms with Crippen molar-refractivity contribution in [1.82, 2.24) is 15.3 Å². The molecular formula is C15H15N3O3. The van der Waals surface area contributed by atoms with Gasteiger partial charge in [0, 0.05) is 12.1 Å². The van der Waals surface area contributed by atoms with E-state index in [1.807, 2.05) is 24.3 Å². The van der Waals surface area contributed by atoms with Crippen molar-refractivity contribution >= 4 is 11.0 Å². The number of H-pyrrole nitrogens is 1. The highest BCUT2D eigenvalue weighted by molar-refractivity contribution is 5.74. The molecule has 2 aromatic carbocycles. The van der Waals surface area contributed by atoms with Crippen molar-refractivity contribution in [3.05, 3.63) is 47.8 Å². The summed E-state index contributed by atoms with van der Waals surface area (Å²) in [6, 6.07) is 10.6. The maximum atomic E-state index is 9.72. The van der Waals surface area contributed by atoms with Crippen LogP contribution in [0.25, 0.3) is 11.0 Å². The molecule has 0 saturated carbocycles. The van der Waals surface area contributed by atoms with Gasteiger partial charge in [-0.1, -0.05) is 18.2 Å². The molecule has 0 aliphatic rings. The van der Waals surface area contributed by atoms with Crippen LogP contribution in [0.15, 0.2) is 36.4 Å². The number of benzene rings is 2. The molecule has 108 valence electrons. The number of nitrogens with zero attached hydrogens (tertiary/aromatic N) is 1. The largest absolute Gasteiger partial charge is 0.504 e. The fraction of sp³-hybridized carbons (Fsp3) is 0.133. The van der Waals surface area contributed by atoms with E-state index in [-0.39, 0.29) is 11.5 Å². The first-order valence-corrected chi connectivity index (χ1v) is 6.52. The number of aromatic amines is 1. The summed E-state index contributed by atoms with van der Waals surface area (Å²) in [6.07, 6.45) is 0. The first-order valence-electron chi connectivity index (χ1n) is 6.52. The van der Waals surface area contributed by atoms with Gasteiger partial charge < -0.3 is 25.6 Å². The van der Waals surface area contributed by atoms with Crippen molar-refractivity contribution in [3.63, 3.8) is 0 Å². The van der Waals surface area contributed by atoms with Gasteiger partial charge in [-0.05, 0) is 18.2 Å². The number of hydrogen-bond donors (Lipinski definition) is 5. The number of para-hydroxylation sites is 2. The van der Waals surface area contributed by atoms with Crippen LogP contribution in [-0.2, 0) is 13.1 Å². The molecule has 0 aliphatic heterocycles. The maximum absolute atomic E-state index is 9.72. The van der Waals surface area contributed by atoms with E-state index in [9.17, 15) is 15.3 Å². The van der Waals surface area contributed by atoms with Crippen molar-refractivity contribution in [3.8, 4) is 17.2 Å². The molecule has 0 aliphatic carbocycles. The molecule has 6 heteroatoms. The van der Waals surface area contributed by atoms with Crippen LogP contribution in [0.2, 0.25) is 0 Å². The summed E-state index contributed by atoms with van der Waals surface area (Å²) in [4.78, 5) is 7.62. The molecule has 1 heterocycles. The van der Waals surface area contributed by atoms with Gasteiger partial charge >= 0.3 is 0 Å². The third kappa shape index (κ3) is 2.61. The van der Waals surface area contributed by atoms with Crippen LogP contribution < -0.4 is 5.32 Å². The molecule has 0 atom stereocenters. The van der Waals surface area contributed by atoms with Gasteiger partial charge in [-0.15, -0.1) is 0 Å².